The van der Waals surface area contributed by atoms with E-state index < -0.39 is 10.0 Å². The number of sulfonamides is 1. The Morgan fingerprint density at radius 1 is 1.11 bits per heavy atom. The van der Waals surface area contributed by atoms with Gasteiger partial charge in [-0.2, -0.15) is 0 Å². The van der Waals surface area contributed by atoms with Gasteiger partial charge >= 0.3 is 0 Å². The van der Waals surface area contributed by atoms with Gasteiger partial charge in [-0.05, 0) is 25.1 Å². The van der Waals surface area contributed by atoms with Crippen molar-refractivity contribution in [2.45, 2.75) is 11.8 Å². The predicted molar refractivity (Wildman–Crippen MR) is 72.8 cm³/mol. The van der Waals surface area contributed by atoms with Crippen LogP contribution in [-0.4, -0.2) is 20.5 Å². The van der Waals surface area contributed by atoms with E-state index in [0.717, 1.165) is 5.56 Å². The van der Waals surface area contributed by atoms with Gasteiger partial charge in [-0.25, -0.2) is 13.4 Å². The van der Waals surface area contributed by atoms with Crippen molar-refractivity contribution in [1.29, 1.82) is 0 Å². The maximum Gasteiger partial charge on any atom is 0.261 e. The van der Waals surface area contributed by atoms with E-state index in [1.165, 1.54) is 13.3 Å². The van der Waals surface area contributed by atoms with Crippen LogP contribution in [0.5, 0.6) is 5.88 Å². The van der Waals surface area contributed by atoms with Gasteiger partial charge in [0.1, 0.15) is 0 Å². The molecule has 0 spiro atoms. The van der Waals surface area contributed by atoms with Crippen LogP contribution in [0.3, 0.4) is 0 Å². The third kappa shape index (κ3) is 3.23. The lowest BCUT2D eigenvalue weighted by atomic mass is 10.2. The molecule has 0 aliphatic heterocycles. The van der Waals surface area contributed by atoms with Crippen LogP contribution in [0.15, 0.2) is 47.5 Å². The van der Waals surface area contributed by atoms with Crippen LogP contribution in [0.1, 0.15) is 5.56 Å². The van der Waals surface area contributed by atoms with Crippen molar-refractivity contribution in [2.24, 2.45) is 0 Å². The second kappa shape index (κ2) is 5.27. The average molecular weight is 278 g/mol. The number of hydrogen-bond acceptors (Lipinski definition) is 4. The standard InChI is InChI=1S/C13H14N2O3S/c1-10-3-6-12(7-4-10)19(16,17)15-11-5-8-13(18-2)14-9-11/h3-9,15H,1-2H3. The molecule has 1 heterocycles. The van der Waals surface area contributed by atoms with Crippen molar-refractivity contribution in [3.8, 4) is 5.88 Å². The molecule has 2 aromatic rings. The zero-order chi connectivity index (χ0) is 13.9. The summed E-state index contributed by atoms with van der Waals surface area (Å²) in [5, 5.41) is 0. The van der Waals surface area contributed by atoms with Crippen LogP contribution in [-0.2, 0) is 10.0 Å². The van der Waals surface area contributed by atoms with Crippen molar-refractivity contribution in [3.05, 3.63) is 48.2 Å². The first-order valence-electron chi connectivity index (χ1n) is 5.61. The van der Waals surface area contributed by atoms with Crippen LogP contribution < -0.4 is 9.46 Å². The van der Waals surface area contributed by atoms with Gasteiger partial charge in [0, 0.05) is 6.07 Å². The number of nitrogens with one attached hydrogen (secondary N) is 1. The molecule has 19 heavy (non-hydrogen) atoms. The number of hydrogen-bond donors (Lipinski definition) is 1. The van der Waals surface area contributed by atoms with Gasteiger partial charge in [-0.3, -0.25) is 4.72 Å². The maximum atomic E-state index is 12.1. The zero-order valence-electron chi connectivity index (χ0n) is 10.6. The molecule has 0 atom stereocenters. The van der Waals surface area contributed by atoms with Crippen LogP contribution in [0, 0.1) is 6.92 Å². The third-order valence-electron chi connectivity index (χ3n) is 2.53. The number of methoxy groups -OCH3 is 1. The number of rotatable bonds is 4. The Bertz CT molecular complexity index is 649. The van der Waals surface area contributed by atoms with E-state index in [0.29, 0.717) is 11.6 Å². The minimum Gasteiger partial charge on any atom is -0.481 e. The number of benzene rings is 1. The highest BCUT2D eigenvalue weighted by molar-refractivity contribution is 7.92. The van der Waals surface area contributed by atoms with Gasteiger partial charge in [0.25, 0.3) is 10.0 Å². The van der Waals surface area contributed by atoms with E-state index in [-0.39, 0.29) is 4.90 Å². The molecule has 0 bridgehead atoms. The molecule has 2 rings (SSSR count). The fourth-order valence-electron chi connectivity index (χ4n) is 1.49. The molecule has 0 aliphatic carbocycles. The minimum atomic E-state index is -3.58. The molecule has 0 aliphatic rings. The van der Waals surface area contributed by atoms with Crippen LogP contribution in [0.4, 0.5) is 5.69 Å². The molecular formula is C13H14N2O3S. The minimum absolute atomic E-state index is 0.217. The smallest absolute Gasteiger partial charge is 0.261 e. The Balaban J connectivity index is 2.23. The normalized spacial score (nSPS) is 11.1. The monoisotopic (exact) mass is 278 g/mol. The van der Waals surface area contributed by atoms with E-state index in [4.69, 9.17) is 4.74 Å². The summed E-state index contributed by atoms with van der Waals surface area (Å²) in [5.41, 5.74) is 1.39. The first-order chi connectivity index (χ1) is 9.01. The molecular weight excluding hydrogens is 264 g/mol. The lowest BCUT2D eigenvalue weighted by Gasteiger charge is -2.08. The van der Waals surface area contributed by atoms with Gasteiger partial charge in [-0.1, -0.05) is 17.7 Å². The van der Waals surface area contributed by atoms with E-state index in [1.54, 1.807) is 36.4 Å². The molecule has 1 N–H and O–H groups in total. The Morgan fingerprint density at radius 3 is 2.32 bits per heavy atom. The summed E-state index contributed by atoms with van der Waals surface area (Å²) in [4.78, 5) is 4.16. The van der Waals surface area contributed by atoms with Crippen molar-refractivity contribution in [1.82, 2.24) is 4.98 Å². The summed E-state index contributed by atoms with van der Waals surface area (Å²) < 4.78 is 31.6. The average Bonchev–Trinajstić information content (AvgIpc) is 2.40. The topological polar surface area (TPSA) is 68.3 Å². The summed E-state index contributed by atoms with van der Waals surface area (Å²) >= 11 is 0. The molecule has 1 aromatic carbocycles. The lowest BCUT2D eigenvalue weighted by molar-refractivity contribution is 0.398. The molecule has 0 amide bonds. The summed E-state index contributed by atoms with van der Waals surface area (Å²) in [6.07, 6.45) is 1.41. The predicted octanol–water partition coefficient (Wildman–Crippen LogP) is 2.20. The van der Waals surface area contributed by atoms with Crippen molar-refractivity contribution in [3.63, 3.8) is 0 Å². The quantitative estimate of drug-likeness (QED) is 0.931. The molecule has 0 radical (unpaired) electrons. The van der Waals surface area contributed by atoms with Gasteiger partial charge in [0.15, 0.2) is 0 Å². The highest BCUT2D eigenvalue weighted by Gasteiger charge is 2.13. The largest absolute Gasteiger partial charge is 0.481 e. The Labute approximate surface area is 112 Å². The van der Waals surface area contributed by atoms with Gasteiger partial charge < -0.3 is 4.74 Å². The fourth-order valence-corrected chi connectivity index (χ4v) is 2.54. The van der Waals surface area contributed by atoms with E-state index in [9.17, 15) is 8.42 Å². The molecule has 0 unspecified atom stereocenters. The Hall–Kier alpha value is -2.08. The van der Waals surface area contributed by atoms with Gasteiger partial charge in [-0.15, -0.1) is 0 Å². The second-order valence-electron chi connectivity index (χ2n) is 4.01. The lowest BCUT2D eigenvalue weighted by Crippen LogP contribution is -2.13. The Kier molecular flexibility index (Phi) is 3.71. The SMILES string of the molecule is COc1ccc(NS(=O)(=O)c2ccc(C)cc2)cn1. The zero-order valence-corrected chi connectivity index (χ0v) is 11.4. The number of aromatic nitrogens is 1. The first kappa shape index (κ1) is 13.4. The van der Waals surface area contributed by atoms with Crippen LogP contribution in [0.25, 0.3) is 0 Å². The summed E-state index contributed by atoms with van der Waals surface area (Å²) in [6, 6.07) is 9.81. The Morgan fingerprint density at radius 2 is 1.79 bits per heavy atom. The molecule has 0 fully saturated rings. The summed E-state index contributed by atoms with van der Waals surface area (Å²) in [6.45, 7) is 1.90. The second-order valence-corrected chi connectivity index (χ2v) is 5.69. The van der Waals surface area contributed by atoms with Crippen molar-refractivity contribution in [2.75, 3.05) is 11.8 Å². The molecule has 5 nitrogen and oxygen atoms in total. The number of nitrogens with zero attached hydrogens (tertiary/aromatic N) is 1. The molecule has 0 saturated heterocycles. The summed E-state index contributed by atoms with van der Waals surface area (Å²) in [7, 11) is -2.08. The van der Waals surface area contributed by atoms with Crippen LogP contribution >= 0.6 is 0 Å². The van der Waals surface area contributed by atoms with E-state index in [2.05, 4.69) is 9.71 Å². The highest BCUT2D eigenvalue weighted by atomic mass is 32.2. The highest BCUT2D eigenvalue weighted by Crippen LogP contribution is 2.17. The number of aryl methyl sites for hydroxylation is 1. The fraction of sp³-hybridized carbons (Fsp3) is 0.154. The molecule has 100 valence electrons. The summed E-state index contributed by atoms with van der Waals surface area (Å²) in [5.74, 6) is 0.429. The van der Waals surface area contributed by atoms with Gasteiger partial charge in [0.05, 0.1) is 23.9 Å². The van der Waals surface area contributed by atoms with Crippen molar-refractivity contribution < 1.29 is 13.2 Å². The molecule has 6 heteroatoms. The maximum absolute atomic E-state index is 12.1. The number of pyridine rings is 1. The van der Waals surface area contributed by atoms with Gasteiger partial charge in [0.2, 0.25) is 5.88 Å². The van der Waals surface area contributed by atoms with E-state index >= 15 is 0 Å². The van der Waals surface area contributed by atoms with Crippen molar-refractivity contribution >= 4 is 15.7 Å². The molecule has 0 saturated carbocycles. The van der Waals surface area contributed by atoms with Crippen LogP contribution in [0.2, 0.25) is 0 Å². The van der Waals surface area contributed by atoms with E-state index in [1.807, 2.05) is 6.92 Å². The number of ether oxygens (including phenoxy) is 1. The number of anilines is 1. The first-order valence-corrected chi connectivity index (χ1v) is 7.09. The third-order valence-corrected chi connectivity index (χ3v) is 3.93. The molecule has 1 aromatic heterocycles.